The first kappa shape index (κ1) is 13.4. The fourth-order valence-electron chi connectivity index (χ4n) is 3.03. The number of piperazine rings is 1. The lowest BCUT2D eigenvalue weighted by Crippen LogP contribution is -2.47. The van der Waals surface area contributed by atoms with E-state index in [-0.39, 0.29) is 0 Å². The molecule has 1 aromatic carbocycles. The van der Waals surface area contributed by atoms with Crippen LogP contribution in [0.25, 0.3) is 0 Å². The molecule has 106 valence electrons. The highest BCUT2D eigenvalue weighted by molar-refractivity contribution is 5.60. The second kappa shape index (κ2) is 5.82. The third-order valence-electron chi connectivity index (χ3n) is 4.28. The second-order valence-corrected chi connectivity index (χ2v) is 5.75. The predicted octanol–water partition coefficient (Wildman–Crippen LogP) is 1.56. The van der Waals surface area contributed by atoms with Crippen molar-refractivity contribution in [3.8, 4) is 6.07 Å². The lowest BCUT2D eigenvalue weighted by atomic mass is 10.1. The molecule has 1 aromatic rings. The molecule has 1 aliphatic carbocycles. The van der Waals surface area contributed by atoms with Crippen LogP contribution in [0, 0.1) is 11.3 Å². The molecule has 20 heavy (non-hydrogen) atoms. The largest absolute Gasteiger partial charge is 0.368 e. The molecule has 1 saturated carbocycles. The molecule has 0 bridgehead atoms. The maximum atomic E-state index is 9.38. The maximum absolute atomic E-state index is 9.38. The first-order chi connectivity index (χ1) is 9.81. The van der Waals surface area contributed by atoms with Gasteiger partial charge in [-0.05, 0) is 37.6 Å². The number of benzene rings is 1. The van der Waals surface area contributed by atoms with Gasteiger partial charge in [0.15, 0.2) is 0 Å². The van der Waals surface area contributed by atoms with Crippen molar-refractivity contribution in [3.63, 3.8) is 0 Å². The van der Waals surface area contributed by atoms with Crippen molar-refractivity contribution in [1.29, 1.82) is 5.26 Å². The van der Waals surface area contributed by atoms with E-state index >= 15 is 0 Å². The van der Waals surface area contributed by atoms with E-state index < -0.39 is 0 Å². The molecule has 1 heterocycles. The lowest BCUT2D eigenvalue weighted by molar-refractivity contribution is 0.248. The molecule has 2 aliphatic rings. The van der Waals surface area contributed by atoms with Crippen molar-refractivity contribution in [2.45, 2.75) is 25.4 Å². The van der Waals surface area contributed by atoms with Crippen LogP contribution in [0.1, 0.15) is 24.0 Å². The third kappa shape index (κ3) is 2.79. The van der Waals surface area contributed by atoms with Crippen LogP contribution in [-0.2, 0) is 6.54 Å². The standard InChI is InChI=1S/C16H22N4/c1-18-12-13-2-5-16(14(10-13)11-17)20-8-6-19(7-9-20)15-3-4-15/h2,5,10,15,18H,3-4,6-9,12H2,1H3. The molecule has 4 nitrogen and oxygen atoms in total. The molecule has 0 atom stereocenters. The molecule has 0 amide bonds. The Morgan fingerprint density at radius 2 is 2.00 bits per heavy atom. The van der Waals surface area contributed by atoms with E-state index in [9.17, 15) is 5.26 Å². The summed E-state index contributed by atoms with van der Waals surface area (Å²) in [6.07, 6.45) is 2.75. The Labute approximate surface area is 121 Å². The number of rotatable bonds is 4. The Hall–Kier alpha value is -1.57. The molecule has 1 N–H and O–H groups in total. The van der Waals surface area contributed by atoms with E-state index in [1.807, 2.05) is 13.1 Å². The number of hydrogen-bond acceptors (Lipinski definition) is 4. The average Bonchev–Trinajstić information content (AvgIpc) is 3.32. The van der Waals surface area contributed by atoms with Gasteiger partial charge in [-0.3, -0.25) is 4.90 Å². The molecular formula is C16H22N4. The van der Waals surface area contributed by atoms with Crippen LogP contribution >= 0.6 is 0 Å². The number of hydrogen-bond donors (Lipinski definition) is 1. The number of nitrogens with zero attached hydrogens (tertiary/aromatic N) is 3. The summed E-state index contributed by atoms with van der Waals surface area (Å²) in [5.41, 5.74) is 3.07. The van der Waals surface area contributed by atoms with Crippen molar-refractivity contribution in [1.82, 2.24) is 10.2 Å². The van der Waals surface area contributed by atoms with Crippen LogP contribution in [0.2, 0.25) is 0 Å². The predicted molar refractivity (Wildman–Crippen MR) is 80.7 cm³/mol. The van der Waals surface area contributed by atoms with Crippen LogP contribution in [0.3, 0.4) is 0 Å². The van der Waals surface area contributed by atoms with E-state index in [2.05, 4.69) is 33.3 Å². The summed E-state index contributed by atoms with van der Waals surface area (Å²) in [5.74, 6) is 0. The molecule has 0 spiro atoms. The summed E-state index contributed by atoms with van der Waals surface area (Å²) in [5, 5.41) is 12.5. The lowest BCUT2D eigenvalue weighted by Gasteiger charge is -2.36. The van der Waals surface area contributed by atoms with E-state index in [0.717, 1.165) is 50.0 Å². The smallest absolute Gasteiger partial charge is 0.101 e. The van der Waals surface area contributed by atoms with E-state index in [4.69, 9.17) is 0 Å². The topological polar surface area (TPSA) is 42.3 Å². The molecule has 0 aromatic heterocycles. The second-order valence-electron chi connectivity index (χ2n) is 5.75. The minimum atomic E-state index is 0.803. The zero-order valence-corrected chi connectivity index (χ0v) is 12.1. The van der Waals surface area contributed by atoms with Crippen LogP contribution in [0.5, 0.6) is 0 Å². The molecule has 2 fully saturated rings. The Morgan fingerprint density at radius 1 is 1.25 bits per heavy atom. The van der Waals surface area contributed by atoms with Gasteiger partial charge in [0.1, 0.15) is 6.07 Å². The number of nitriles is 1. The van der Waals surface area contributed by atoms with Gasteiger partial charge in [0.2, 0.25) is 0 Å². The van der Waals surface area contributed by atoms with Crippen molar-refractivity contribution in [2.75, 3.05) is 38.1 Å². The fraction of sp³-hybridized carbons (Fsp3) is 0.562. The van der Waals surface area contributed by atoms with Crippen LogP contribution < -0.4 is 10.2 Å². The fourth-order valence-corrected chi connectivity index (χ4v) is 3.03. The molecule has 1 saturated heterocycles. The molecule has 1 aliphatic heterocycles. The number of nitrogens with one attached hydrogen (secondary N) is 1. The van der Waals surface area contributed by atoms with Crippen LogP contribution in [0.4, 0.5) is 5.69 Å². The SMILES string of the molecule is CNCc1ccc(N2CCN(C3CC3)CC2)c(C#N)c1. The zero-order chi connectivity index (χ0) is 13.9. The Morgan fingerprint density at radius 3 is 2.60 bits per heavy atom. The Kier molecular flexibility index (Phi) is 3.90. The van der Waals surface area contributed by atoms with Crippen LogP contribution in [0.15, 0.2) is 18.2 Å². The summed E-state index contributed by atoms with van der Waals surface area (Å²) < 4.78 is 0. The van der Waals surface area contributed by atoms with E-state index in [0.29, 0.717) is 0 Å². The van der Waals surface area contributed by atoms with Gasteiger partial charge in [-0.15, -0.1) is 0 Å². The quantitative estimate of drug-likeness (QED) is 0.901. The van der Waals surface area contributed by atoms with Gasteiger partial charge in [-0.25, -0.2) is 0 Å². The summed E-state index contributed by atoms with van der Waals surface area (Å²) in [6, 6.07) is 9.45. The van der Waals surface area contributed by atoms with Crippen LogP contribution in [-0.4, -0.2) is 44.2 Å². The highest BCUT2D eigenvalue weighted by Gasteiger charge is 2.31. The van der Waals surface area contributed by atoms with Gasteiger partial charge in [0.25, 0.3) is 0 Å². The van der Waals surface area contributed by atoms with Gasteiger partial charge in [-0.1, -0.05) is 6.07 Å². The molecule has 3 rings (SSSR count). The summed E-state index contributed by atoms with van der Waals surface area (Å²) in [6.45, 7) is 5.15. The Bertz CT molecular complexity index is 508. The molecule has 0 unspecified atom stereocenters. The minimum Gasteiger partial charge on any atom is -0.368 e. The highest BCUT2D eigenvalue weighted by atomic mass is 15.3. The summed E-state index contributed by atoms with van der Waals surface area (Å²) >= 11 is 0. The number of anilines is 1. The summed E-state index contributed by atoms with van der Waals surface area (Å²) in [4.78, 5) is 4.96. The van der Waals surface area contributed by atoms with E-state index in [1.165, 1.54) is 18.4 Å². The third-order valence-corrected chi connectivity index (χ3v) is 4.28. The van der Waals surface area contributed by atoms with E-state index in [1.54, 1.807) is 0 Å². The van der Waals surface area contributed by atoms with Gasteiger partial charge in [-0.2, -0.15) is 5.26 Å². The first-order valence-corrected chi connectivity index (χ1v) is 7.48. The van der Waals surface area contributed by atoms with Gasteiger partial charge >= 0.3 is 0 Å². The first-order valence-electron chi connectivity index (χ1n) is 7.48. The van der Waals surface area contributed by atoms with Gasteiger partial charge in [0.05, 0.1) is 11.3 Å². The maximum Gasteiger partial charge on any atom is 0.101 e. The normalized spacial score (nSPS) is 19.9. The summed E-state index contributed by atoms with van der Waals surface area (Å²) in [7, 11) is 1.93. The van der Waals surface area contributed by atoms with Crippen molar-refractivity contribution >= 4 is 5.69 Å². The monoisotopic (exact) mass is 270 g/mol. The highest BCUT2D eigenvalue weighted by Crippen LogP contribution is 2.29. The molecule has 0 radical (unpaired) electrons. The van der Waals surface area contributed by atoms with Crippen molar-refractivity contribution < 1.29 is 0 Å². The molecular weight excluding hydrogens is 248 g/mol. The Balaban J connectivity index is 1.71. The minimum absolute atomic E-state index is 0.803. The zero-order valence-electron chi connectivity index (χ0n) is 12.1. The van der Waals surface area contributed by atoms with Gasteiger partial charge in [0, 0.05) is 38.8 Å². The molecule has 4 heteroatoms. The van der Waals surface area contributed by atoms with Gasteiger partial charge < -0.3 is 10.2 Å². The average molecular weight is 270 g/mol. The van der Waals surface area contributed by atoms with Crippen molar-refractivity contribution in [3.05, 3.63) is 29.3 Å². The van der Waals surface area contributed by atoms with Crippen molar-refractivity contribution in [2.24, 2.45) is 0 Å².